The van der Waals surface area contributed by atoms with Gasteiger partial charge in [-0.3, -0.25) is 19.6 Å². The van der Waals surface area contributed by atoms with Gasteiger partial charge >= 0.3 is 5.69 Å². The van der Waals surface area contributed by atoms with Crippen molar-refractivity contribution in [3.63, 3.8) is 0 Å². The van der Waals surface area contributed by atoms with E-state index >= 15 is 0 Å². The molecule has 0 fully saturated rings. The number of hydrogen-bond acceptors (Lipinski definition) is 6. The molecule has 0 saturated carbocycles. The largest absolute Gasteiger partial charge is 0.387 e. The molecule has 9 heteroatoms. The number of rotatable bonds is 4. The number of aliphatic hydroxyl groups excluding tert-OH is 1. The highest BCUT2D eigenvalue weighted by Crippen LogP contribution is 2.21. The molecule has 0 saturated heterocycles. The summed E-state index contributed by atoms with van der Waals surface area (Å²) in [6, 6.07) is 6.00. The molecule has 9 nitrogen and oxygen atoms in total. The Morgan fingerprint density at radius 1 is 1.43 bits per heavy atom. The van der Waals surface area contributed by atoms with E-state index in [1.54, 1.807) is 23.7 Å². The summed E-state index contributed by atoms with van der Waals surface area (Å²) in [5.74, 6) is 0.662. The van der Waals surface area contributed by atoms with E-state index in [0.29, 0.717) is 37.6 Å². The average molecular weight is 319 g/mol. The lowest BCUT2D eigenvalue weighted by atomic mass is 10.1. The molecular weight excluding hydrogens is 302 g/mol. The van der Waals surface area contributed by atoms with Crippen molar-refractivity contribution in [3.05, 3.63) is 56.3 Å². The fourth-order valence-corrected chi connectivity index (χ4v) is 2.77. The van der Waals surface area contributed by atoms with E-state index < -0.39 is 11.0 Å². The molecule has 2 heterocycles. The van der Waals surface area contributed by atoms with Gasteiger partial charge in [0.1, 0.15) is 5.82 Å². The Balaban J connectivity index is 1.71. The van der Waals surface area contributed by atoms with Gasteiger partial charge in [0.25, 0.3) is 5.69 Å². The monoisotopic (exact) mass is 319 g/mol. The molecule has 0 spiro atoms. The van der Waals surface area contributed by atoms with E-state index in [1.165, 1.54) is 16.8 Å². The summed E-state index contributed by atoms with van der Waals surface area (Å²) >= 11 is 0. The molecule has 23 heavy (non-hydrogen) atoms. The lowest BCUT2D eigenvalue weighted by Crippen LogP contribution is -2.39. The molecule has 122 valence electrons. The Labute approximate surface area is 131 Å². The molecule has 1 atom stereocenters. The van der Waals surface area contributed by atoms with E-state index in [0.717, 1.165) is 0 Å². The summed E-state index contributed by atoms with van der Waals surface area (Å²) < 4.78 is 2.92. The predicted octanol–water partition coefficient (Wildman–Crippen LogP) is 0.0392. The third-order valence-corrected chi connectivity index (χ3v) is 3.99. The lowest BCUT2D eigenvalue weighted by Gasteiger charge is -2.28. The Morgan fingerprint density at radius 2 is 2.22 bits per heavy atom. The van der Waals surface area contributed by atoms with Crippen molar-refractivity contribution in [2.75, 3.05) is 13.1 Å². The molecular formula is C14H17N5O4. The van der Waals surface area contributed by atoms with Crippen LogP contribution in [-0.2, 0) is 20.1 Å². The van der Waals surface area contributed by atoms with Crippen molar-refractivity contribution in [2.45, 2.75) is 19.2 Å². The zero-order chi connectivity index (χ0) is 16.6. The summed E-state index contributed by atoms with van der Waals surface area (Å²) in [6.45, 7) is 1.92. The normalized spacial score (nSPS) is 16.1. The fraction of sp³-hybridized carbons (Fsp3) is 0.429. The topological polar surface area (TPSA) is 106 Å². The van der Waals surface area contributed by atoms with Gasteiger partial charge in [0.2, 0.25) is 0 Å². The highest BCUT2D eigenvalue weighted by Gasteiger charge is 2.23. The maximum absolute atomic E-state index is 11.8. The first kappa shape index (κ1) is 15.4. The quantitative estimate of drug-likeness (QED) is 0.630. The maximum Gasteiger partial charge on any atom is 0.345 e. The molecule has 1 N–H and O–H groups in total. The lowest BCUT2D eigenvalue weighted by molar-refractivity contribution is -0.385. The third-order valence-electron chi connectivity index (χ3n) is 3.99. The van der Waals surface area contributed by atoms with Crippen LogP contribution < -0.4 is 5.69 Å². The summed E-state index contributed by atoms with van der Waals surface area (Å²) in [7, 11) is 1.61. The van der Waals surface area contributed by atoms with Gasteiger partial charge in [0.15, 0.2) is 0 Å². The Morgan fingerprint density at radius 3 is 2.96 bits per heavy atom. The molecule has 1 aliphatic heterocycles. The fourth-order valence-electron chi connectivity index (χ4n) is 2.77. The molecule has 1 unspecified atom stereocenters. The summed E-state index contributed by atoms with van der Waals surface area (Å²) in [6.07, 6.45) is -0.836. The zero-order valence-electron chi connectivity index (χ0n) is 12.6. The molecule has 1 aromatic carbocycles. The van der Waals surface area contributed by atoms with Crippen molar-refractivity contribution in [3.8, 4) is 0 Å². The highest BCUT2D eigenvalue weighted by atomic mass is 16.6. The number of β-amino-alcohol motifs (C(OH)–C–C–N with tert-alkyl or cyclic N) is 1. The van der Waals surface area contributed by atoms with E-state index in [4.69, 9.17) is 0 Å². The van der Waals surface area contributed by atoms with Crippen LogP contribution in [0.25, 0.3) is 0 Å². The van der Waals surface area contributed by atoms with Crippen molar-refractivity contribution < 1.29 is 10.0 Å². The molecule has 1 aromatic heterocycles. The number of nitro groups is 1. The number of aromatic nitrogens is 3. The van der Waals surface area contributed by atoms with Crippen molar-refractivity contribution in [1.82, 2.24) is 19.2 Å². The van der Waals surface area contributed by atoms with E-state index in [1.807, 2.05) is 4.90 Å². The van der Waals surface area contributed by atoms with Crippen LogP contribution in [0.15, 0.2) is 29.1 Å². The minimum absolute atomic E-state index is 0.0428. The number of aliphatic hydroxyl groups is 1. The van der Waals surface area contributed by atoms with Crippen molar-refractivity contribution >= 4 is 5.69 Å². The minimum Gasteiger partial charge on any atom is -0.387 e. The van der Waals surface area contributed by atoms with Crippen LogP contribution in [0.5, 0.6) is 0 Å². The number of benzene rings is 1. The van der Waals surface area contributed by atoms with Gasteiger partial charge in [-0.1, -0.05) is 12.1 Å². The SMILES string of the molecule is Cn1nc2n(c1=O)CCN(CC(O)c1cccc([N+](=O)[O-])c1)C2. The first-order valence-corrected chi connectivity index (χ1v) is 7.23. The number of fused-ring (bicyclic) bond motifs is 1. The van der Waals surface area contributed by atoms with Crippen LogP contribution in [-0.4, -0.2) is 42.4 Å². The van der Waals surface area contributed by atoms with E-state index in [2.05, 4.69) is 5.10 Å². The van der Waals surface area contributed by atoms with Gasteiger partial charge in [-0.25, -0.2) is 9.48 Å². The summed E-state index contributed by atoms with van der Waals surface area (Å²) in [5, 5.41) is 25.3. The van der Waals surface area contributed by atoms with Crippen LogP contribution in [0.2, 0.25) is 0 Å². The second kappa shape index (κ2) is 5.94. The Kier molecular flexibility index (Phi) is 3.97. The molecule has 3 rings (SSSR count). The first-order valence-electron chi connectivity index (χ1n) is 7.23. The minimum atomic E-state index is -0.836. The van der Waals surface area contributed by atoms with Gasteiger partial charge in [0, 0.05) is 38.8 Å². The van der Waals surface area contributed by atoms with Crippen LogP contribution >= 0.6 is 0 Å². The maximum atomic E-state index is 11.8. The predicted molar refractivity (Wildman–Crippen MR) is 80.8 cm³/mol. The van der Waals surface area contributed by atoms with Crippen molar-refractivity contribution in [2.24, 2.45) is 7.05 Å². The number of nitro benzene ring substituents is 1. The smallest absolute Gasteiger partial charge is 0.345 e. The van der Waals surface area contributed by atoms with E-state index in [-0.39, 0.29) is 11.4 Å². The first-order chi connectivity index (χ1) is 11.0. The Bertz CT molecular complexity index is 797. The molecule has 2 aromatic rings. The van der Waals surface area contributed by atoms with Gasteiger partial charge in [-0.2, -0.15) is 5.10 Å². The van der Waals surface area contributed by atoms with Gasteiger partial charge in [0.05, 0.1) is 17.6 Å². The second-order valence-electron chi connectivity index (χ2n) is 5.58. The molecule has 1 aliphatic rings. The number of non-ortho nitro benzene ring substituents is 1. The summed E-state index contributed by atoms with van der Waals surface area (Å²) in [5.41, 5.74) is 0.320. The number of hydrogen-bond donors (Lipinski definition) is 1. The molecule has 0 amide bonds. The second-order valence-corrected chi connectivity index (χ2v) is 5.58. The van der Waals surface area contributed by atoms with Crippen LogP contribution in [0.4, 0.5) is 5.69 Å². The third kappa shape index (κ3) is 3.01. The van der Waals surface area contributed by atoms with Gasteiger partial charge in [-0.05, 0) is 5.56 Å². The standard InChI is InChI=1S/C14H17N5O4/c1-16-14(21)18-6-5-17(9-13(18)15-16)8-12(20)10-3-2-4-11(7-10)19(22)23/h2-4,7,12,20H,5-6,8-9H2,1H3. The summed E-state index contributed by atoms with van der Waals surface area (Å²) in [4.78, 5) is 24.1. The van der Waals surface area contributed by atoms with Crippen LogP contribution in [0.1, 0.15) is 17.5 Å². The van der Waals surface area contributed by atoms with E-state index in [9.17, 15) is 20.0 Å². The zero-order valence-corrected chi connectivity index (χ0v) is 12.6. The van der Waals surface area contributed by atoms with Crippen molar-refractivity contribution in [1.29, 1.82) is 0 Å². The van der Waals surface area contributed by atoms with Crippen LogP contribution in [0, 0.1) is 10.1 Å². The van der Waals surface area contributed by atoms with Gasteiger partial charge < -0.3 is 5.11 Å². The number of aryl methyl sites for hydroxylation is 1. The Hall–Kier alpha value is -2.52. The molecule has 0 aliphatic carbocycles. The highest BCUT2D eigenvalue weighted by molar-refractivity contribution is 5.35. The molecule has 0 radical (unpaired) electrons. The van der Waals surface area contributed by atoms with Gasteiger partial charge in [-0.15, -0.1) is 0 Å². The number of nitrogens with zero attached hydrogens (tertiary/aromatic N) is 5. The van der Waals surface area contributed by atoms with Crippen LogP contribution in [0.3, 0.4) is 0 Å². The average Bonchev–Trinajstić information content (AvgIpc) is 2.81. The molecule has 0 bridgehead atoms.